The Morgan fingerprint density at radius 2 is 1.50 bits per heavy atom. The van der Waals surface area contributed by atoms with Crippen molar-refractivity contribution in [2.75, 3.05) is 42.5 Å². The van der Waals surface area contributed by atoms with E-state index in [1.54, 1.807) is 6.07 Å². The maximum Gasteiger partial charge on any atom is 0.269 e. The van der Waals surface area contributed by atoms with E-state index in [9.17, 15) is 31.7 Å². The molecule has 1 aliphatic rings. The number of carbonyl (C=O) groups excluding carboxylic acids is 1. The lowest BCUT2D eigenvalue weighted by molar-refractivity contribution is -0.384. The van der Waals surface area contributed by atoms with Gasteiger partial charge in [0, 0.05) is 30.9 Å². The van der Waals surface area contributed by atoms with E-state index in [0.717, 1.165) is 16.4 Å². The monoisotopic (exact) mass is 560 g/mol. The molecule has 0 radical (unpaired) electrons. The van der Waals surface area contributed by atoms with E-state index in [4.69, 9.17) is 4.74 Å². The fourth-order valence-electron chi connectivity index (χ4n) is 3.75. The minimum Gasteiger partial charge on any atom is -0.379 e. The minimum absolute atomic E-state index is 0.0524. The van der Waals surface area contributed by atoms with Gasteiger partial charge in [-0.05, 0) is 48.5 Å². The van der Waals surface area contributed by atoms with Crippen LogP contribution in [0.1, 0.15) is 0 Å². The van der Waals surface area contributed by atoms with E-state index in [2.05, 4.69) is 5.32 Å². The van der Waals surface area contributed by atoms with Crippen molar-refractivity contribution in [3.05, 3.63) is 89.0 Å². The second-order valence-corrected chi connectivity index (χ2v) is 12.0. The predicted molar refractivity (Wildman–Crippen MR) is 139 cm³/mol. The summed E-state index contributed by atoms with van der Waals surface area (Å²) in [4.78, 5) is 23.3. The van der Waals surface area contributed by atoms with Crippen LogP contribution in [0.3, 0.4) is 0 Å². The lowest BCUT2D eigenvalue weighted by Gasteiger charge is -2.26. The van der Waals surface area contributed by atoms with Crippen molar-refractivity contribution in [3.8, 4) is 0 Å². The number of non-ortho nitro benzene ring substituents is 1. The van der Waals surface area contributed by atoms with Gasteiger partial charge in [0.1, 0.15) is 6.54 Å². The Morgan fingerprint density at radius 1 is 0.895 bits per heavy atom. The molecule has 4 rings (SSSR count). The Balaban J connectivity index is 1.55. The molecular formula is C24H24N4O8S2. The molecule has 3 aromatic rings. The van der Waals surface area contributed by atoms with Gasteiger partial charge in [0.15, 0.2) is 0 Å². The molecule has 0 aromatic heterocycles. The molecular weight excluding hydrogens is 536 g/mol. The summed E-state index contributed by atoms with van der Waals surface area (Å²) in [5.41, 5.74) is 0.0839. The van der Waals surface area contributed by atoms with Gasteiger partial charge in [-0.3, -0.25) is 19.2 Å². The Kier molecular flexibility index (Phi) is 8.06. The maximum atomic E-state index is 13.4. The number of morpholine rings is 1. The largest absolute Gasteiger partial charge is 0.379 e. The molecule has 1 amide bonds. The topological polar surface area (TPSA) is 156 Å². The van der Waals surface area contributed by atoms with Gasteiger partial charge >= 0.3 is 0 Å². The number of amides is 1. The summed E-state index contributed by atoms with van der Waals surface area (Å²) in [5.74, 6) is -0.702. The van der Waals surface area contributed by atoms with Crippen LogP contribution < -0.4 is 9.62 Å². The number of nitro groups is 1. The summed E-state index contributed by atoms with van der Waals surface area (Å²) in [6.45, 7) is 0.474. The van der Waals surface area contributed by atoms with E-state index in [1.807, 2.05) is 0 Å². The molecule has 14 heteroatoms. The lowest BCUT2D eigenvalue weighted by Crippen LogP contribution is -2.40. The molecule has 0 aliphatic carbocycles. The molecule has 200 valence electrons. The van der Waals surface area contributed by atoms with Crippen molar-refractivity contribution < 1.29 is 31.3 Å². The molecule has 0 atom stereocenters. The van der Waals surface area contributed by atoms with E-state index < -0.39 is 37.4 Å². The number of benzene rings is 3. The third kappa shape index (κ3) is 5.99. The number of hydrogen-bond acceptors (Lipinski definition) is 8. The lowest BCUT2D eigenvalue weighted by atomic mass is 10.3. The number of nitrogens with one attached hydrogen (secondary N) is 1. The van der Waals surface area contributed by atoms with Crippen LogP contribution in [-0.4, -0.2) is 64.8 Å². The number of ether oxygens (including phenoxy) is 1. The van der Waals surface area contributed by atoms with Crippen LogP contribution in [0.2, 0.25) is 0 Å². The van der Waals surface area contributed by atoms with Gasteiger partial charge in [0.25, 0.3) is 15.7 Å². The van der Waals surface area contributed by atoms with Gasteiger partial charge in [-0.25, -0.2) is 16.8 Å². The summed E-state index contributed by atoms with van der Waals surface area (Å²) in [5, 5.41) is 13.6. The number of carbonyl (C=O) groups is 1. The van der Waals surface area contributed by atoms with Crippen LogP contribution in [0.4, 0.5) is 17.1 Å². The molecule has 3 aromatic carbocycles. The zero-order valence-electron chi connectivity index (χ0n) is 20.0. The van der Waals surface area contributed by atoms with Crippen molar-refractivity contribution >= 4 is 43.0 Å². The number of nitro benzene ring substituents is 1. The Bertz CT molecular complexity index is 1510. The molecule has 0 bridgehead atoms. The van der Waals surface area contributed by atoms with Crippen LogP contribution in [0.25, 0.3) is 0 Å². The second kappa shape index (κ2) is 11.3. The van der Waals surface area contributed by atoms with Crippen LogP contribution in [0, 0.1) is 10.1 Å². The van der Waals surface area contributed by atoms with Crippen LogP contribution in [0.15, 0.2) is 88.7 Å². The second-order valence-electron chi connectivity index (χ2n) is 8.19. The molecule has 1 heterocycles. The first kappa shape index (κ1) is 27.2. The van der Waals surface area contributed by atoms with Crippen LogP contribution >= 0.6 is 0 Å². The van der Waals surface area contributed by atoms with Crippen molar-refractivity contribution in [3.63, 3.8) is 0 Å². The van der Waals surface area contributed by atoms with Crippen LogP contribution in [0.5, 0.6) is 0 Å². The highest BCUT2D eigenvalue weighted by Crippen LogP contribution is 2.26. The molecule has 0 unspecified atom stereocenters. The molecule has 38 heavy (non-hydrogen) atoms. The average molecular weight is 561 g/mol. The Morgan fingerprint density at radius 3 is 2.08 bits per heavy atom. The third-order valence-corrected chi connectivity index (χ3v) is 9.41. The highest BCUT2D eigenvalue weighted by atomic mass is 32.2. The van der Waals surface area contributed by atoms with Gasteiger partial charge in [-0.2, -0.15) is 4.31 Å². The molecule has 0 spiro atoms. The number of sulfonamides is 2. The number of nitrogens with zero attached hydrogens (tertiary/aromatic N) is 3. The van der Waals surface area contributed by atoms with Gasteiger partial charge < -0.3 is 10.1 Å². The summed E-state index contributed by atoms with van der Waals surface area (Å²) in [7, 11) is -7.92. The third-order valence-electron chi connectivity index (χ3n) is 5.71. The average Bonchev–Trinajstić information content (AvgIpc) is 2.93. The summed E-state index contributed by atoms with van der Waals surface area (Å²) in [6, 6.07) is 17.8. The quantitative estimate of drug-likeness (QED) is 0.309. The first-order valence-electron chi connectivity index (χ1n) is 11.4. The van der Waals surface area contributed by atoms with Crippen molar-refractivity contribution in [1.29, 1.82) is 0 Å². The first-order chi connectivity index (χ1) is 18.1. The Labute approximate surface area is 219 Å². The normalized spacial score (nSPS) is 14.5. The highest BCUT2D eigenvalue weighted by Gasteiger charge is 2.28. The minimum atomic E-state index is -4.21. The number of rotatable bonds is 9. The molecule has 1 saturated heterocycles. The molecule has 12 nitrogen and oxygen atoms in total. The number of anilines is 2. The summed E-state index contributed by atoms with van der Waals surface area (Å²) in [6.07, 6.45) is 0. The van der Waals surface area contributed by atoms with Crippen molar-refractivity contribution in [2.24, 2.45) is 0 Å². The Hall–Kier alpha value is -3.85. The summed E-state index contributed by atoms with van der Waals surface area (Å²) >= 11 is 0. The van der Waals surface area contributed by atoms with E-state index >= 15 is 0 Å². The molecule has 0 saturated carbocycles. The van der Waals surface area contributed by atoms with E-state index in [-0.39, 0.29) is 39.9 Å². The van der Waals surface area contributed by atoms with E-state index in [1.165, 1.54) is 65.0 Å². The molecule has 1 N–H and O–H groups in total. The highest BCUT2D eigenvalue weighted by molar-refractivity contribution is 7.92. The van der Waals surface area contributed by atoms with Gasteiger partial charge in [-0.15, -0.1) is 0 Å². The molecule has 1 fully saturated rings. The van der Waals surface area contributed by atoms with Crippen LogP contribution in [-0.2, 0) is 29.6 Å². The summed E-state index contributed by atoms with van der Waals surface area (Å²) < 4.78 is 59.7. The smallest absolute Gasteiger partial charge is 0.269 e. The maximum absolute atomic E-state index is 13.4. The SMILES string of the molecule is O=C(CN(c1ccc([N+](=O)[O-])cc1)S(=O)(=O)c1ccccc1)Nc1ccc(S(=O)(=O)N2CCOCC2)cc1. The zero-order chi connectivity index (χ0) is 27.3. The first-order valence-corrected chi connectivity index (χ1v) is 14.3. The van der Waals surface area contributed by atoms with Crippen molar-refractivity contribution in [2.45, 2.75) is 9.79 Å². The fourth-order valence-corrected chi connectivity index (χ4v) is 6.60. The number of hydrogen-bond donors (Lipinski definition) is 1. The van der Waals surface area contributed by atoms with Gasteiger partial charge in [-0.1, -0.05) is 18.2 Å². The standard InChI is InChI=1S/C24H24N4O8S2/c29-24(25-19-6-12-23(13-7-19)37(32,33)26-14-16-36-17-15-26)18-27(20-8-10-21(11-9-20)28(30)31)38(34,35)22-4-2-1-3-5-22/h1-13H,14-18H2,(H,25,29). The molecule has 1 aliphatic heterocycles. The van der Waals surface area contributed by atoms with Gasteiger partial charge in [0.2, 0.25) is 15.9 Å². The predicted octanol–water partition coefficient (Wildman–Crippen LogP) is 2.45. The van der Waals surface area contributed by atoms with Gasteiger partial charge in [0.05, 0.1) is 33.6 Å². The zero-order valence-corrected chi connectivity index (χ0v) is 21.6. The van der Waals surface area contributed by atoms with E-state index in [0.29, 0.717) is 13.2 Å². The fraction of sp³-hybridized carbons (Fsp3) is 0.208. The van der Waals surface area contributed by atoms with Crippen molar-refractivity contribution in [1.82, 2.24) is 4.31 Å².